The van der Waals surface area contributed by atoms with Crippen LogP contribution in [0.5, 0.6) is 0 Å². The van der Waals surface area contributed by atoms with Gasteiger partial charge in [0.15, 0.2) is 0 Å². The van der Waals surface area contributed by atoms with Crippen LogP contribution < -0.4 is 0 Å². The summed E-state index contributed by atoms with van der Waals surface area (Å²) in [6.45, 7) is 5.98. The SMILES string of the molecule is Cc1cc(C(=O)N2CCN(Cc3ccccn3)CC2)c2ccccc2n1. The largest absolute Gasteiger partial charge is 0.336 e. The summed E-state index contributed by atoms with van der Waals surface area (Å²) in [5, 5.41) is 0.930. The number of hydrogen-bond acceptors (Lipinski definition) is 4. The van der Waals surface area contributed by atoms with Crippen molar-refractivity contribution in [2.24, 2.45) is 0 Å². The molecule has 132 valence electrons. The molecule has 0 bridgehead atoms. The standard InChI is InChI=1S/C21H22N4O/c1-16-14-19(18-7-2-3-8-20(18)23-16)21(26)25-12-10-24(11-13-25)15-17-6-4-5-9-22-17/h2-9,14H,10-13,15H2,1H3. The number of nitrogens with zero attached hydrogens (tertiary/aromatic N) is 4. The van der Waals surface area contributed by atoms with Gasteiger partial charge in [-0.1, -0.05) is 24.3 Å². The first-order chi connectivity index (χ1) is 12.7. The van der Waals surface area contributed by atoms with Crippen LogP contribution in [0.4, 0.5) is 0 Å². The predicted molar refractivity (Wildman–Crippen MR) is 102 cm³/mol. The third-order valence-corrected chi connectivity index (χ3v) is 4.85. The quantitative estimate of drug-likeness (QED) is 0.732. The Morgan fingerprint density at radius 3 is 2.58 bits per heavy atom. The van der Waals surface area contributed by atoms with E-state index in [9.17, 15) is 4.79 Å². The van der Waals surface area contributed by atoms with E-state index in [2.05, 4.69) is 14.9 Å². The molecule has 1 saturated heterocycles. The maximum atomic E-state index is 13.1. The number of carbonyl (C=O) groups excluding carboxylic acids is 1. The van der Waals surface area contributed by atoms with E-state index in [1.807, 2.05) is 66.6 Å². The van der Waals surface area contributed by atoms with E-state index >= 15 is 0 Å². The number of amides is 1. The lowest BCUT2D eigenvalue weighted by molar-refractivity contribution is 0.0629. The van der Waals surface area contributed by atoms with Crippen LogP contribution in [0.3, 0.4) is 0 Å². The molecule has 26 heavy (non-hydrogen) atoms. The van der Waals surface area contributed by atoms with Crippen molar-refractivity contribution >= 4 is 16.8 Å². The molecular weight excluding hydrogens is 324 g/mol. The van der Waals surface area contributed by atoms with Crippen molar-refractivity contribution in [3.63, 3.8) is 0 Å². The monoisotopic (exact) mass is 346 g/mol. The second kappa shape index (κ2) is 7.22. The minimum Gasteiger partial charge on any atom is -0.336 e. The number of fused-ring (bicyclic) bond motifs is 1. The van der Waals surface area contributed by atoms with Crippen molar-refractivity contribution in [2.45, 2.75) is 13.5 Å². The molecule has 0 spiro atoms. The van der Waals surface area contributed by atoms with E-state index in [4.69, 9.17) is 0 Å². The molecule has 3 heterocycles. The highest BCUT2D eigenvalue weighted by Gasteiger charge is 2.24. The first-order valence-electron chi connectivity index (χ1n) is 8.98. The van der Waals surface area contributed by atoms with Crippen LogP contribution >= 0.6 is 0 Å². The van der Waals surface area contributed by atoms with Crippen LogP contribution in [0.2, 0.25) is 0 Å². The molecule has 1 aliphatic rings. The summed E-state index contributed by atoms with van der Waals surface area (Å²) >= 11 is 0. The number of benzene rings is 1. The van der Waals surface area contributed by atoms with Gasteiger partial charge < -0.3 is 4.90 Å². The number of carbonyl (C=O) groups is 1. The topological polar surface area (TPSA) is 49.3 Å². The minimum absolute atomic E-state index is 0.101. The molecule has 0 radical (unpaired) electrons. The fourth-order valence-corrected chi connectivity index (χ4v) is 3.48. The fourth-order valence-electron chi connectivity index (χ4n) is 3.48. The van der Waals surface area contributed by atoms with Gasteiger partial charge in [-0.25, -0.2) is 0 Å². The van der Waals surface area contributed by atoms with Crippen LogP contribution in [0.25, 0.3) is 10.9 Å². The summed E-state index contributed by atoms with van der Waals surface area (Å²) in [5.74, 6) is 0.101. The second-order valence-corrected chi connectivity index (χ2v) is 6.72. The summed E-state index contributed by atoms with van der Waals surface area (Å²) in [6.07, 6.45) is 1.83. The molecule has 0 saturated carbocycles. The van der Waals surface area contributed by atoms with Crippen LogP contribution in [-0.4, -0.2) is 51.9 Å². The van der Waals surface area contributed by atoms with Crippen LogP contribution in [0.1, 0.15) is 21.7 Å². The number of para-hydroxylation sites is 1. The smallest absolute Gasteiger partial charge is 0.254 e. The van der Waals surface area contributed by atoms with E-state index in [0.717, 1.165) is 60.6 Å². The normalized spacial score (nSPS) is 15.3. The second-order valence-electron chi connectivity index (χ2n) is 6.72. The molecule has 1 aliphatic heterocycles. The van der Waals surface area contributed by atoms with Crippen molar-refractivity contribution in [1.82, 2.24) is 19.8 Å². The first kappa shape index (κ1) is 16.7. The van der Waals surface area contributed by atoms with E-state index in [-0.39, 0.29) is 5.91 Å². The summed E-state index contributed by atoms with van der Waals surface area (Å²) in [6, 6.07) is 15.8. The van der Waals surface area contributed by atoms with Gasteiger partial charge in [-0.15, -0.1) is 0 Å². The molecule has 0 atom stereocenters. The molecule has 1 amide bonds. The average molecular weight is 346 g/mol. The van der Waals surface area contributed by atoms with Crippen molar-refractivity contribution < 1.29 is 4.79 Å². The highest BCUT2D eigenvalue weighted by molar-refractivity contribution is 6.06. The first-order valence-corrected chi connectivity index (χ1v) is 8.98. The van der Waals surface area contributed by atoms with E-state index in [0.29, 0.717) is 0 Å². The maximum absolute atomic E-state index is 13.1. The molecule has 0 aliphatic carbocycles. The summed E-state index contributed by atoms with van der Waals surface area (Å²) in [4.78, 5) is 26.3. The third-order valence-electron chi connectivity index (χ3n) is 4.85. The predicted octanol–water partition coefficient (Wildman–Crippen LogP) is 2.90. The molecule has 0 N–H and O–H groups in total. The van der Waals surface area contributed by atoms with Gasteiger partial charge in [-0.05, 0) is 31.2 Å². The van der Waals surface area contributed by atoms with Crippen LogP contribution in [-0.2, 0) is 6.54 Å². The number of hydrogen-bond donors (Lipinski definition) is 0. The van der Waals surface area contributed by atoms with Crippen molar-refractivity contribution in [3.8, 4) is 0 Å². The summed E-state index contributed by atoms with van der Waals surface area (Å²) in [7, 11) is 0. The number of pyridine rings is 2. The average Bonchev–Trinajstić information content (AvgIpc) is 2.68. The van der Waals surface area contributed by atoms with Gasteiger partial charge in [0, 0.05) is 50.0 Å². The molecule has 3 aromatic rings. The van der Waals surface area contributed by atoms with Gasteiger partial charge in [0.05, 0.1) is 16.8 Å². The Hall–Kier alpha value is -2.79. The number of rotatable bonds is 3. The molecule has 0 unspecified atom stereocenters. The Kier molecular flexibility index (Phi) is 4.63. The van der Waals surface area contributed by atoms with Gasteiger partial charge in [-0.2, -0.15) is 0 Å². The minimum atomic E-state index is 0.101. The zero-order valence-electron chi connectivity index (χ0n) is 14.9. The van der Waals surface area contributed by atoms with E-state index in [1.54, 1.807) is 0 Å². The fraction of sp³-hybridized carbons (Fsp3) is 0.286. The molecule has 5 heteroatoms. The van der Waals surface area contributed by atoms with Crippen molar-refractivity contribution in [2.75, 3.05) is 26.2 Å². The Labute approximate surface area is 153 Å². The molecule has 1 fully saturated rings. The summed E-state index contributed by atoms with van der Waals surface area (Å²) in [5.41, 5.74) is 3.58. The lowest BCUT2D eigenvalue weighted by Crippen LogP contribution is -2.48. The van der Waals surface area contributed by atoms with Crippen LogP contribution in [0.15, 0.2) is 54.7 Å². The van der Waals surface area contributed by atoms with Gasteiger partial charge >= 0.3 is 0 Å². The van der Waals surface area contributed by atoms with E-state index < -0.39 is 0 Å². The highest BCUT2D eigenvalue weighted by atomic mass is 16.2. The summed E-state index contributed by atoms with van der Waals surface area (Å²) < 4.78 is 0. The number of aryl methyl sites for hydroxylation is 1. The number of aromatic nitrogens is 2. The lowest BCUT2D eigenvalue weighted by Gasteiger charge is -2.34. The molecule has 2 aromatic heterocycles. The van der Waals surface area contributed by atoms with Gasteiger partial charge in [0.2, 0.25) is 0 Å². The Morgan fingerprint density at radius 2 is 1.81 bits per heavy atom. The van der Waals surface area contributed by atoms with Crippen LogP contribution in [0, 0.1) is 6.92 Å². The molecule has 1 aromatic carbocycles. The van der Waals surface area contributed by atoms with Crippen molar-refractivity contribution in [1.29, 1.82) is 0 Å². The van der Waals surface area contributed by atoms with Gasteiger partial charge in [-0.3, -0.25) is 19.7 Å². The molecular formula is C21H22N4O. The third kappa shape index (κ3) is 3.44. The van der Waals surface area contributed by atoms with Gasteiger partial charge in [0.1, 0.15) is 0 Å². The zero-order chi connectivity index (χ0) is 17.9. The molecule has 4 rings (SSSR count). The lowest BCUT2D eigenvalue weighted by atomic mass is 10.1. The van der Waals surface area contributed by atoms with Crippen molar-refractivity contribution in [3.05, 3.63) is 71.7 Å². The Bertz CT molecular complexity index is 918. The zero-order valence-corrected chi connectivity index (χ0v) is 14.9. The maximum Gasteiger partial charge on any atom is 0.254 e. The highest BCUT2D eigenvalue weighted by Crippen LogP contribution is 2.20. The number of piperazine rings is 1. The molecule has 5 nitrogen and oxygen atoms in total. The Balaban J connectivity index is 1.47. The van der Waals surface area contributed by atoms with E-state index in [1.165, 1.54) is 0 Å². The Morgan fingerprint density at radius 1 is 1.04 bits per heavy atom. The van der Waals surface area contributed by atoms with Gasteiger partial charge in [0.25, 0.3) is 5.91 Å².